The Labute approximate surface area is 114 Å². The van der Waals surface area contributed by atoms with Gasteiger partial charge in [-0.25, -0.2) is 0 Å². The molecule has 0 spiro atoms. The van der Waals surface area contributed by atoms with E-state index in [4.69, 9.17) is 4.74 Å². The molecular weight excluding hydrogens is 240 g/mol. The Kier molecular flexibility index (Phi) is 4.58. The molecule has 1 aliphatic heterocycles. The summed E-state index contributed by atoms with van der Waals surface area (Å²) in [6, 6.07) is 7.81. The lowest BCUT2D eigenvalue weighted by Crippen LogP contribution is -2.50. The Morgan fingerprint density at radius 2 is 2.16 bits per heavy atom. The van der Waals surface area contributed by atoms with Crippen LogP contribution >= 0.6 is 0 Å². The van der Waals surface area contributed by atoms with Crippen LogP contribution in [0.25, 0.3) is 0 Å². The minimum absolute atomic E-state index is 0.153. The van der Waals surface area contributed by atoms with Crippen molar-refractivity contribution in [1.29, 1.82) is 0 Å². The van der Waals surface area contributed by atoms with Gasteiger partial charge in [-0.1, -0.05) is 24.8 Å². The van der Waals surface area contributed by atoms with Crippen molar-refractivity contribution in [1.82, 2.24) is 10.2 Å². The molecule has 1 aliphatic rings. The predicted octanol–water partition coefficient (Wildman–Crippen LogP) is 1.43. The molecule has 4 nitrogen and oxygen atoms in total. The molecule has 102 valence electrons. The number of nitrogens with one attached hydrogen (secondary N) is 1. The summed E-state index contributed by atoms with van der Waals surface area (Å²) in [4.78, 5) is 13.8. The van der Waals surface area contributed by atoms with Crippen molar-refractivity contribution in [2.75, 3.05) is 26.7 Å². The summed E-state index contributed by atoms with van der Waals surface area (Å²) < 4.78 is 5.42. The number of benzene rings is 1. The van der Waals surface area contributed by atoms with Crippen LogP contribution in [-0.2, 0) is 11.3 Å². The Balaban J connectivity index is 1.87. The number of ether oxygens (including phenoxy) is 1. The molecule has 0 aliphatic carbocycles. The molecule has 1 saturated heterocycles. The van der Waals surface area contributed by atoms with Crippen molar-refractivity contribution in [3.05, 3.63) is 42.5 Å². The van der Waals surface area contributed by atoms with Gasteiger partial charge in [0.2, 0.25) is 5.91 Å². The zero-order valence-electron chi connectivity index (χ0n) is 11.3. The van der Waals surface area contributed by atoms with Crippen molar-refractivity contribution in [3.8, 4) is 5.75 Å². The third-order valence-electron chi connectivity index (χ3n) is 3.22. The maximum Gasteiger partial charge on any atom is 0.228 e. The fourth-order valence-electron chi connectivity index (χ4n) is 1.97. The van der Waals surface area contributed by atoms with Crippen LogP contribution in [-0.4, -0.2) is 37.6 Å². The summed E-state index contributed by atoms with van der Waals surface area (Å²) in [5.74, 6) is 1.19. The van der Waals surface area contributed by atoms with Crippen LogP contribution in [0.5, 0.6) is 5.75 Å². The molecule has 0 aromatic heterocycles. The second kappa shape index (κ2) is 6.38. The van der Waals surface area contributed by atoms with Gasteiger partial charge in [-0.2, -0.15) is 0 Å². The van der Waals surface area contributed by atoms with Gasteiger partial charge in [0.15, 0.2) is 0 Å². The predicted molar refractivity (Wildman–Crippen MR) is 75.0 cm³/mol. The van der Waals surface area contributed by atoms with Gasteiger partial charge in [-0.15, -0.1) is 0 Å². The maximum absolute atomic E-state index is 12.0. The molecule has 0 radical (unpaired) electrons. The van der Waals surface area contributed by atoms with Crippen LogP contribution in [0, 0.1) is 5.92 Å². The first-order valence-electron chi connectivity index (χ1n) is 6.49. The average Bonchev–Trinajstić information content (AvgIpc) is 2.36. The molecule has 19 heavy (non-hydrogen) atoms. The zero-order valence-corrected chi connectivity index (χ0v) is 11.3. The van der Waals surface area contributed by atoms with Gasteiger partial charge < -0.3 is 15.0 Å². The lowest BCUT2D eigenvalue weighted by atomic mass is 10.0. The molecule has 0 unspecified atom stereocenters. The van der Waals surface area contributed by atoms with Crippen molar-refractivity contribution >= 4 is 5.91 Å². The normalized spacial score (nSPS) is 14.6. The van der Waals surface area contributed by atoms with Gasteiger partial charge in [0, 0.05) is 26.7 Å². The number of hydrogen-bond donors (Lipinski definition) is 1. The first kappa shape index (κ1) is 13.6. The number of amides is 1. The van der Waals surface area contributed by atoms with Gasteiger partial charge >= 0.3 is 0 Å². The number of carbonyl (C=O) groups is 1. The van der Waals surface area contributed by atoms with Crippen molar-refractivity contribution in [3.63, 3.8) is 0 Å². The van der Waals surface area contributed by atoms with E-state index in [0.717, 1.165) is 24.4 Å². The molecule has 0 saturated carbocycles. The Bertz CT molecular complexity index is 438. The summed E-state index contributed by atoms with van der Waals surface area (Å²) >= 11 is 0. The van der Waals surface area contributed by atoms with Gasteiger partial charge in [0.05, 0.1) is 5.92 Å². The van der Waals surface area contributed by atoms with Crippen LogP contribution in [0.2, 0.25) is 0 Å². The number of carbonyl (C=O) groups excluding carboxylic acids is 1. The highest BCUT2D eigenvalue weighted by Crippen LogP contribution is 2.15. The van der Waals surface area contributed by atoms with Gasteiger partial charge in [-0.05, 0) is 17.7 Å². The Morgan fingerprint density at radius 1 is 1.47 bits per heavy atom. The van der Waals surface area contributed by atoms with Crippen LogP contribution in [0.3, 0.4) is 0 Å². The minimum Gasteiger partial charge on any atom is -0.490 e. The largest absolute Gasteiger partial charge is 0.490 e. The van der Waals surface area contributed by atoms with E-state index in [2.05, 4.69) is 11.9 Å². The van der Waals surface area contributed by atoms with Gasteiger partial charge in [-0.3, -0.25) is 4.79 Å². The highest BCUT2D eigenvalue weighted by molar-refractivity contribution is 5.79. The Morgan fingerprint density at radius 3 is 2.68 bits per heavy atom. The summed E-state index contributed by atoms with van der Waals surface area (Å²) in [7, 11) is 1.85. The van der Waals surface area contributed by atoms with E-state index in [0.29, 0.717) is 13.2 Å². The topological polar surface area (TPSA) is 41.6 Å². The molecule has 1 heterocycles. The molecule has 4 heteroatoms. The second-order valence-electron chi connectivity index (χ2n) is 4.79. The first-order chi connectivity index (χ1) is 9.20. The average molecular weight is 260 g/mol. The van der Waals surface area contributed by atoms with Gasteiger partial charge in [0.25, 0.3) is 0 Å². The minimum atomic E-state index is 0.153. The molecule has 1 amide bonds. The van der Waals surface area contributed by atoms with Crippen LogP contribution in [0.1, 0.15) is 5.56 Å². The summed E-state index contributed by atoms with van der Waals surface area (Å²) in [6.45, 7) is 6.36. The number of rotatable bonds is 6. The fourth-order valence-corrected chi connectivity index (χ4v) is 1.97. The smallest absolute Gasteiger partial charge is 0.228 e. The van der Waals surface area contributed by atoms with Gasteiger partial charge in [0.1, 0.15) is 12.4 Å². The van der Waals surface area contributed by atoms with E-state index >= 15 is 0 Å². The standard InChI is InChI=1S/C15H20N2O2/c1-3-8-19-14-6-4-12(5-7-14)11-17(2)15(18)13-9-16-10-13/h3-7,13,16H,1,8-11H2,2H3. The lowest BCUT2D eigenvalue weighted by molar-refractivity contribution is -0.136. The van der Waals surface area contributed by atoms with E-state index in [1.165, 1.54) is 0 Å². The molecule has 2 rings (SSSR count). The SMILES string of the molecule is C=CCOc1ccc(CN(C)C(=O)C2CNC2)cc1. The van der Waals surface area contributed by atoms with Crippen molar-refractivity contribution < 1.29 is 9.53 Å². The molecule has 1 N–H and O–H groups in total. The van der Waals surface area contributed by atoms with Crippen molar-refractivity contribution in [2.45, 2.75) is 6.54 Å². The molecule has 0 atom stereocenters. The van der Waals surface area contributed by atoms with E-state index in [-0.39, 0.29) is 11.8 Å². The van der Waals surface area contributed by atoms with E-state index in [1.54, 1.807) is 11.0 Å². The molecule has 1 fully saturated rings. The number of hydrogen-bond acceptors (Lipinski definition) is 3. The third kappa shape index (κ3) is 3.58. The quantitative estimate of drug-likeness (QED) is 0.787. The van der Waals surface area contributed by atoms with E-state index < -0.39 is 0 Å². The molecule has 1 aromatic carbocycles. The van der Waals surface area contributed by atoms with E-state index in [1.807, 2.05) is 31.3 Å². The lowest BCUT2D eigenvalue weighted by Gasteiger charge is -2.30. The monoisotopic (exact) mass is 260 g/mol. The van der Waals surface area contributed by atoms with Crippen LogP contribution < -0.4 is 10.1 Å². The summed E-state index contributed by atoms with van der Waals surface area (Å²) in [5.41, 5.74) is 1.11. The molecule has 1 aromatic rings. The van der Waals surface area contributed by atoms with Crippen LogP contribution in [0.15, 0.2) is 36.9 Å². The highest BCUT2D eigenvalue weighted by Gasteiger charge is 2.27. The van der Waals surface area contributed by atoms with E-state index in [9.17, 15) is 4.79 Å². The second-order valence-corrected chi connectivity index (χ2v) is 4.79. The molecule has 0 bridgehead atoms. The summed E-state index contributed by atoms with van der Waals surface area (Å²) in [5, 5.41) is 3.12. The maximum atomic E-state index is 12.0. The molecular formula is C15H20N2O2. The fraction of sp³-hybridized carbons (Fsp3) is 0.400. The zero-order chi connectivity index (χ0) is 13.7. The summed E-state index contributed by atoms with van der Waals surface area (Å²) in [6.07, 6.45) is 1.72. The number of nitrogens with zero attached hydrogens (tertiary/aromatic N) is 1. The Hall–Kier alpha value is -1.81. The van der Waals surface area contributed by atoms with Crippen molar-refractivity contribution in [2.24, 2.45) is 5.92 Å². The first-order valence-corrected chi connectivity index (χ1v) is 6.49. The highest BCUT2D eigenvalue weighted by atomic mass is 16.5. The van der Waals surface area contributed by atoms with Crippen LogP contribution in [0.4, 0.5) is 0 Å². The third-order valence-corrected chi connectivity index (χ3v) is 3.22.